The van der Waals surface area contributed by atoms with E-state index in [0.29, 0.717) is 25.4 Å². The highest BCUT2D eigenvalue weighted by molar-refractivity contribution is 5.67. The Balaban J connectivity index is 1.92. The lowest BCUT2D eigenvalue weighted by molar-refractivity contribution is -0.385. The number of anilines is 1. The van der Waals surface area contributed by atoms with Gasteiger partial charge in [0, 0.05) is 30.9 Å². The van der Waals surface area contributed by atoms with Gasteiger partial charge in [-0.3, -0.25) is 10.1 Å². The summed E-state index contributed by atoms with van der Waals surface area (Å²) in [5.74, 6) is -0.354. The third-order valence-corrected chi connectivity index (χ3v) is 3.56. The number of amides is 1. The Morgan fingerprint density at radius 2 is 2.18 bits per heavy atom. The molecule has 1 aliphatic rings. The van der Waals surface area contributed by atoms with Crippen molar-refractivity contribution in [2.75, 3.05) is 25.0 Å². The Labute approximate surface area is 127 Å². The van der Waals surface area contributed by atoms with Gasteiger partial charge in [0.15, 0.2) is 5.75 Å². The number of aromatic hydroxyl groups is 1. The van der Waals surface area contributed by atoms with Gasteiger partial charge in [-0.05, 0) is 31.9 Å². The third-order valence-electron chi connectivity index (χ3n) is 3.56. The number of carbonyl (C=O) groups excluding carboxylic acids is 1. The Bertz CT molecular complexity index is 555. The molecular weight excluding hydrogens is 290 g/mol. The van der Waals surface area contributed by atoms with E-state index >= 15 is 0 Å². The maximum Gasteiger partial charge on any atom is 0.409 e. The maximum absolute atomic E-state index is 11.6. The number of nitrogens with zero attached hydrogens (tertiary/aromatic N) is 2. The molecule has 1 aromatic rings. The lowest BCUT2D eigenvalue weighted by atomic mass is 10.0. The van der Waals surface area contributed by atoms with Crippen molar-refractivity contribution in [3.63, 3.8) is 0 Å². The zero-order valence-corrected chi connectivity index (χ0v) is 12.3. The van der Waals surface area contributed by atoms with E-state index in [9.17, 15) is 20.0 Å². The molecule has 2 N–H and O–H groups in total. The summed E-state index contributed by atoms with van der Waals surface area (Å²) in [6.45, 7) is 3.28. The fourth-order valence-electron chi connectivity index (χ4n) is 2.42. The van der Waals surface area contributed by atoms with Gasteiger partial charge in [0.1, 0.15) is 0 Å². The van der Waals surface area contributed by atoms with Crippen LogP contribution in [-0.4, -0.2) is 46.8 Å². The highest BCUT2D eigenvalue weighted by atomic mass is 16.6. The zero-order valence-electron chi connectivity index (χ0n) is 12.3. The normalized spacial score (nSPS) is 15.4. The highest BCUT2D eigenvalue weighted by Crippen LogP contribution is 2.29. The summed E-state index contributed by atoms with van der Waals surface area (Å²) in [5.41, 5.74) is 0.257. The summed E-state index contributed by atoms with van der Waals surface area (Å²) in [7, 11) is 0. The molecule has 0 radical (unpaired) electrons. The molecule has 1 fully saturated rings. The van der Waals surface area contributed by atoms with Crippen LogP contribution in [0.15, 0.2) is 18.2 Å². The second-order valence-corrected chi connectivity index (χ2v) is 5.07. The molecule has 0 atom stereocenters. The van der Waals surface area contributed by atoms with E-state index in [0.717, 1.165) is 12.8 Å². The quantitative estimate of drug-likeness (QED) is 0.502. The molecule has 22 heavy (non-hydrogen) atoms. The first-order valence-electron chi connectivity index (χ1n) is 7.17. The minimum atomic E-state index is -0.621. The molecule has 1 aromatic carbocycles. The van der Waals surface area contributed by atoms with E-state index in [4.69, 9.17) is 4.74 Å². The van der Waals surface area contributed by atoms with Crippen molar-refractivity contribution in [3.05, 3.63) is 28.3 Å². The Morgan fingerprint density at radius 1 is 1.50 bits per heavy atom. The van der Waals surface area contributed by atoms with Crippen LogP contribution in [-0.2, 0) is 4.74 Å². The van der Waals surface area contributed by atoms with Crippen LogP contribution >= 0.6 is 0 Å². The molecule has 1 heterocycles. The number of phenolic OH excluding ortho intramolecular Hbond substituents is 1. The monoisotopic (exact) mass is 309 g/mol. The predicted molar refractivity (Wildman–Crippen MR) is 80.0 cm³/mol. The summed E-state index contributed by atoms with van der Waals surface area (Å²) >= 11 is 0. The number of likely N-dealkylation sites (tertiary alicyclic amines) is 1. The van der Waals surface area contributed by atoms with Crippen LogP contribution in [0.4, 0.5) is 16.2 Å². The number of nitro groups is 1. The highest BCUT2D eigenvalue weighted by Gasteiger charge is 2.24. The topological polar surface area (TPSA) is 105 Å². The van der Waals surface area contributed by atoms with Gasteiger partial charge in [0.05, 0.1) is 11.5 Å². The van der Waals surface area contributed by atoms with E-state index in [1.165, 1.54) is 12.1 Å². The number of ether oxygens (including phenoxy) is 1. The van der Waals surface area contributed by atoms with Crippen molar-refractivity contribution in [1.82, 2.24) is 4.90 Å². The summed E-state index contributed by atoms with van der Waals surface area (Å²) in [4.78, 5) is 23.4. The molecule has 0 aliphatic carbocycles. The van der Waals surface area contributed by atoms with Crippen molar-refractivity contribution in [1.29, 1.82) is 0 Å². The lowest BCUT2D eigenvalue weighted by Gasteiger charge is -2.32. The van der Waals surface area contributed by atoms with Gasteiger partial charge in [-0.15, -0.1) is 0 Å². The number of benzene rings is 1. The number of piperidine rings is 1. The average molecular weight is 309 g/mol. The summed E-state index contributed by atoms with van der Waals surface area (Å²) in [6.07, 6.45) is 1.15. The van der Waals surface area contributed by atoms with Crippen LogP contribution in [0.5, 0.6) is 5.75 Å². The van der Waals surface area contributed by atoms with E-state index in [-0.39, 0.29) is 23.6 Å². The van der Waals surface area contributed by atoms with Crippen molar-refractivity contribution in [2.24, 2.45) is 0 Å². The second-order valence-electron chi connectivity index (χ2n) is 5.07. The minimum Gasteiger partial charge on any atom is -0.502 e. The van der Waals surface area contributed by atoms with Crippen molar-refractivity contribution in [3.8, 4) is 5.75 Å². The number of hydrogen-bond acceptors (Lipinski definition) is 6. The second kappa shape index (κ2) is 6.97. The molecule has 1 aliphatic heterocycles. The van der Waals surface area contributed by atoms with Crippen molar-refractivity contribution >= 4 is 17.5 Å². The Morgan fingerprint density at radius 3 is 2.77 bits per heavy atom. The average Bonchev–Trinajstić information content (AvgIpc) is 2.50. The maximum atomic E-state index is 11.6. The van der Waals surface area contributed by atoms with E-state index < -0.39 is 4.92 Å². The summed E-state index contributed by atoms with van der Waals surface area (Å²) < 4.78 is 4.95. The fraction of sp³-hybridized carbons (Fsp3) is 0.500. The molecule has 2 rings (SSSR count). The molecule has 120 valence electrons. The van der Waals surface area contributed by atoms with Crippen LogP contribution < -0.4 is 5.32 Å². The summed E-state index contributed by atoms with van der Waals surface area (Å²) in [5, 5.41) is 23.4. The molecule has 0 unspecified atom stereocenters. The predicted octanol–water partition coefficient (Wildman–Crippen LogP) is 2.33. The molecular formula is C14H19N3O5. The fourth-order valence-corrected chi connectivity index (χ4v) is 2.42. The van der Waals surface area contributed by atoms with Crippen LogP contribution in [0, 0.1) is 10.1 Å². The van der Waals surface area contributed by atoms with Gasteiger partial charge < -0.3 is 20.1 Å². The van der Waals surface area contributed by atoms with Crippen LogP contribution in [0.25, 0.3) is 0 Å². The number of phenols is 1. The molecule has 8 heteroatoms. The van der Waals surface area contributed by atoms with Gasteiger partial charge in [-0.1, -0.05) is 0 Å². The van der Waals surface area contributed by atoms with Gasteiger partial charge in [-0.2, -0.15) is 0 Å². The number of nitro benzene ring substituents is 1. The van der Waals surface area contributed by atoms with Crippen LogP contribution in [0.2, 0.25) is 0 Å². The summed E-state index contributed by atoms with van der Waals surface area (Å²) in [6, 6.07) is 4.33. The Hall–Kier alpha value is -2.51. The molecule has 1 saturated heterocycles. The number of hydrogen-bond donors (Lipinski definition) is 2. The van der Waals surface area contributed by atoms with E-state index in [1.54, 1.807) is 17.9 Å². The first-order valence-corrected chi connectivity index (χ1v) is 7.17. The smallest absolute Gasteiger partial charge is 0.409 e. The SMILES string of the molecule is CCOC(=O)N1CCC(Nc2ccc(O)c([N+](=O)[O-])c2)CC1. The molecule has 0 spiro atoms. The number of carbonyl (C=O) groups is 1. The molecule has 8 nitrogen and oxygen atoms in total. The van der Waals surface area contributed by atoms with E-state index in [2.05, 4.69) is 5.32 Å². The standard InChI is InChI=1S/C14H19N3O5/c1-2-22-14(19)16-7-5-10(6-8-16)15-11-3-4-13(18)12(9-11)17(20)21/h3-4,9-10,15,18H,2,5-8H2,1H3. The van der Waals surface area contributed by atoms with Gasteiger partial charge in [0.25, 0.3) is 0 Å². The Kier molecular flexibility index (Phi) is 5.03. The van der Waals surface area contributed by atoms with Crippen LogP contribution in [0.1, 0.15) is 19.8 Å². The molecule has 1 amide bonds. The first-order chi connectivity index (χ1) is 10.5. The molecule has 0 bridgehead atoms. The number of rotatable bonds is 4. The zero-order chi connectivity index (χ0) is 16.1. The van der Waals surface area contributed by atoms with Gasteiger partial charge >= 0.3 is 11.8 Å². The van der Waals surface area contributed by atoms with Crippen LogP contribution in [0.3, 0.4) is 0 Å². The van der Waals surface area contributed by atoms with E-state index in [1.807, 2.05) is 0 Å². The molecule has 0 aromatic heterocycles. The van der Waals surface area contributed by atoms with Crippen molar-refractivity contribution < 1.29 is 19.6 Å². The first kappa shape index (κ1) is 15.9. The van der Waals surface area contributed by atoms with Gasteiger partial charge in [-0.25, -0.2) is 4.79 Å². The largest absolute Gasteiger partial charge is 0.502 e. The van der Waals surface area contributed by atoms with Crippen molar-refractivity contribution in [2.45, 2.75) is 25.8 Å². The van der Waals surface area contributed by atoms with Gasteiger partial charge in [0.2, 0.25) is 0 Å². The molecule has 0 saturated carbocycles. The third kappa shape index (κ3) is 3.78. The minimum absolute atomic E-state index is 0.120. The lowest BCUT2D eigenvalue weighted by Crippen LogP contribution is -2.42. The number of nitrogens with one attached hydrogen (secondary N) is 1.